The molecule has 0 aliphatic carbocycles. The number of carbonyl (C=O) groups excluding carboxylic acids is 2. The Hall–Kier alpha value is -3.38. The van der Waals surface area contributed by atoms with Crippen LogP contribution in [0.3, 0.4) is 0 Å². The van der Waals surface area contributed by atoms with E-state index in [1.807, 2.05) is 68.4 Å². The Morgan fingerprint density at radius 2 is 1.72 bits per heavy atom. The number of nitrogens with zero attached hydrogens (tertiary/aromatic N) is 1. The average molecular weight is 491 g/mol. The van der Waals surface area contributed by atoms with Crippen molar-refractivity contribution in [3.63, 3.8) is 0 Å². The average Bonchev–Trinajstić information content (AvgIpc) is 3.02. The lowest BCUT2D eigenvalue weighted by atomic mass is 10.1. The lowest BCUT2D eigenvalue weighted by Gasteiger charge is -2.12. The number of hydrogen-bond donors (Lipinski definition) is 1. The molecule has 6 heteroatoms. The smallest absolute Gasteiger partial charge is 0.329 e. The number of imide groups is 1. The SMILES string of the molecule is Cc1ccc(COc2ccc(/C=C3/NC(=O)N(Cc4cccc(C)c4)C3=O)cc2Br)cc1. The van der Waals surface area contributed by atoms with E-state index in [4.69, 9.17) is 4.74 Å². The first-order valence-electron chi connectivity index (χ1n) is 10.3. The molecule has 32 heavy (non-hydrogen) atoms. The van der Waals surface area contributed by atoms with Crippen molar-refractivity contribution in [1.82, 2.24) is 10.2 Å². The number of ether oxygens (including phenoxy) is 1. The molecule has 162 valence electrons. The molecule has 0 aromatic heterocycles. The third kappa shape index (κ3) is 5.08. The molecule has 0 bridgehead atoms. The van der Waals surface area contributed by atoms with Crippen LogP contribution in [0, 0.1) is 13.8 Å². The third-order valence-corrected chi connectivity index (χ3v) is 5.79. The maximum absolute atomic E-state index is 12.8. The fourth-order valence-corrected chi connectivity index (χ4v) is 3.96. The van der Waals surface area contributed by atoms with Gasteiger partial charge in [0, 0.05) is 0 Å². The van der Waals surface area contributed by atoms with Gasteiger partial charge in [0.15, 0.2) is 0 Å². The molecule has 0 saturated carbocycles. The molecule has 1 aliphatic rings. The Morgan fingerprint density at radius 3 is 2.44 bits per heavy atom. The minimum Gasteiger partial charge on any atom is -0.488 e. The van der Waals surface area contributed by atoms with Crippen LogP contribution in [0.4, 0.5) is 4.79 Å². The molecule has 3 aromatic carbocycles. The maximum atomic E-state index is 12.8. The van der Waals surface area contributed by atoms with Crippen molar-refractivity contribution in [2.24, 2.45) is 0 Å². The van der Waals surface area contributed by atoms with Gasteiger partial charge >= 0.3 is 6.03 Å². The van der Waals surface area contributed by atoms with Crippen molar-refractivity contribution in [3.8, 4) is 5.75 Å². The van der Waals surface area contributed by atoms with Crippen molar-refractivity contribution in [2.45, 2.75) is 27.0 Å². The summed E-state index contributed by atoms with van der Waals surface area (Å²) in [5.74, 6) is 0.364. The number of nitrogens with one attached hydrogen (secondary N) is 1. The Bertz CT molecular complexity index is 1200. The molecular formula is C26H23BrN2O3. The number of benzene rings is 3. The van der Waals surface area contributed by atoms with Gasteiger partial charge in [0.05, 0.1) is 11.0 Å². The molecule has 0 unspecified atom stereocenters. The fraction of sp³-hybridized carbons (Fsp3) is 0.154. The van der Waals surface area contributed by atoms with Crippen LogP contribution in [0.1, 0.15) is 27.8 Å². The second-order valence-corrected chi connectivity index (χ2v) is 8.69. The first-order valence-corrected chi connectivity index (χ1v) is 11.1. The van der Waals surface area contributed by atoms with Gasteiger partial charge < -0.3 is 10.1 Å². The minimum absolute atomic E-state index is 0.235. The summed E-state index contributed by atoms with van der Waals surface area (Å²) in [6.45, 7) is 4.72. The van der Waals surface area contributed by atoms with Crippen molar-refractivity contribution in [1.29, 1.82) is 0 Å². The summed E-state index contributed by atoms with van der Waals surface area (Å²) in [7, 11) is 0. The van der Waals surface area contributed by atoms with Crippen LogP contribution in [0.2, 0.25) is 0 Å². The second-order valence-electron chi connectivity index (χ2n) is 7.83. The van der Waals surface area contributed by atoms with Gasteiger partial charge in [-0.3, -0.25) is 9.69 Å². The van der Waals surface area contributed by atoms with E-state index >= 15 is 0 Å². The molecule has 3 aromatic rings. The van der Waals surface area contributed by atoms with Gasteiger partial charge in [0.25, 0.3) is 5.91 Å². The summed E-state index contributed by atoms with van der Waals surface area (Å²) in [6.07, 6.45) is 1.67. The molecule has 1 N–H and O–H groups in total. The summed E-state index contributed by atoms with van der Waals surface area (Å²) in [6, 6.07) is 21.1. The number of rotatable bonds is 6. The van der Waals surface area contributed by atoms with Crippen molar-refractivity contribution < 1.29 is 14.3 Å². The monoisotopic (exact) mass is 490 g/mol. The van der Waals surface area contributed by atoms with Crippen LogP contribution in [-0.2, 0) is 17.9 Å². The number of hydrogen-bond acceptors (Lipinski definition) is 3. The number of carbonyl (C=O) groups is 2. The van der Waals surface area contributed by atoms with Crippen LogP contribution in [0.5, 0.6) is 5.75 Å². The van der Waals surface area contributed by atoms with Crippen LogP contribution >= 0.6 is 15.9 Å². The maximum Gasteiger partial charge on any atom is 0.329 e. The highest BCUT2D eigenvalue weighted by Gasteiger charge is 2.33. The van der Waals surface area contributed by atoms with Crippen LogP contribution in [0.25, 0.3) is 6.08 Å². The first-order chi connectivity index (χ1) is 15.4. The highest BCUT2D eigenvalue weighted by Crippen LogP contribution is 2.28. The number of urea groups is 1. The Morgan fingerprint density at radius 1 is 0.938 bits per heavy atom. The summed E-state index contributed by atoms with van der Waals surface area (Å²) >= 11 is 3.53. The summed E-state index contributed by atoms with van der Waals surface area (Å²) in [5.41, 5.74) is 5.32. The fourth-order valence-electron chi connectivity index (χ4n) is 3.44. The molecule has 3 amide bonds. The van der Waals surface area contributed by atoms with Gasteiger partial charge in [0.1, 0.15) is 18.1 Å². The minimum atomic E-state index is -0.417. The van der Waals surface area contributed by atoms with E-state index in [0.29, 0.717) is 12.4 Å². The van der Waals surface area contributed by atoms with Crippen molar-refractivity contribution >= 4 is 33.9 Å². The number of halogens is 1. The van der Waals surface area contributed by atoms with Gasteiger partial charge in [-0.1, -0.05) is 65.7 Å². The van der Waals surface area contributed by atoms with Crippen LogP contribution < -0.4 is 10.1 Å². The molecule has 4 rings (SSSR count). The molecule has 0 radical (unpaired) electrons. The molecule has 5 nitrogen and oxygen atoms in total. The Labute approximate surface area is 195 Å². The van der Waals surface area contributed by atoms with Gasteiger partial charge in [0.2, 0.25) is 0 Å². The Kier molecular flexibility index (Phi) is 6.42. The molecule has 0 spiro atoms. The molecule has 1 fully saturated rings. The lowest BCUT2D eigenvalue weighted by Crippen LogP contribution is -2.30. The second kappa shape index (κ2) is 9.40. The van der Waals surface area contributed by atoms with Crippen LogP contribution in [-0.4, -0.2) is 16.8 Å². The van der Waals surface area contributed by atoms with Crippen molar-refractivity contribution in [2.75, 3.05) is 0 Å². The van der Waals surface area contributed by atoms with Gasteiger partial charge in [-0.15, -0.1) is 0 Å². The molecule has 1 aliphatic heterocycles. The summed E-state index contributed by atoms with van der Waals surface area (Å²) < 4.78 is 6.68. The highest BCUT2D eigenvalue weighted by molar-refractivity contribution is 9.10. The molecular weight excluding hydrogens is 468 g/mol. The standard InChI is InChI=1S/C26H23BrN2O3/c1-17-6-8-19(9-7-17)16-32-24-11-10-20(13-22(24)27)14-23-25(30)29(26(31)28-23)15-21-5-3-4-18(2)12-21/h3-14H,15-16H2,1-2H3,(H,28,31)/b23-14+. The molecule has 1 saturated heterocycles. The molecule has 0 atom stereocenters. The van der Waals surface area contributed by atoms with Gasteiger partial charge in [-0.05, 0) is 64.7 Å². The topological polar surface area (TPSA) is 58.6 Å². The quantitative estimate of drug-likeness (QED) is 0.354. The van der Waals surface area contributed by atoms with Gasteiger partial charge in [-0.25, -0.2) is 4.79 Å². The summed E-state index contributed by atoms with van der Waals surface area (Å²) in [5, 5.41) is 2.67. The Balaban J connectivity index is 1.45. The largest absolute Gasteiger partial charge is 0.488 e. The van der Waals surface area contributed by atoms with E-state index in [-0.39, 0.29) is 18.1 Å². The van der Waals surface area contributed by atoms with E-state index in [2.05, 4.69) is 33.4 Å². The van der Waals surface area contributed by atoms with Crippen LogP contribution in [0.15, 0.2) is 76.9 Å². The third-order valence-electron chi connectivity index (χ3n) is 5.17. The normalized spacial score (nSPS) is 14.7. The van der Waals surface area contributed by atoms with E-state index in [0.717, 1.165) is 26.7 Å². The zero-order valence-electron chi connectivity index (χ0n) is 17.9. The van der Waals surface area contributed by atoms with E-state index in [9.17, 15) is 9.59 Å². The predicted octanol–water partition coefficient (Wildman–Crippen LogP) is 5.74. The predicted molar refractivity (Wildman–Crippen MR) is 128 cm³/mol. The van der Waals surface area contributed by atoms with Gasteiger partial charge in [-0.2, -0.15) is 0 Å². The van der Waals surface area contributed by atoms with E-state index in [1.54, 1.807) is 6.08 Å². The van der Waals surface area contributed by atoms with Crippen molar-refractivity contribution in [3.05, 3.63) is 105 Å². The number of amides is 3. The summed E-state index contributed by atoms with van der Waals surface area (Å²) in [4.78, 5) is 26.4. The highest BCUT2D eigenvalue weighted by atomic mass is 79.9. The first kappa shape index (κ1) is 21.8. The zero-order chi connectivity index (χ0) is 22.7. The van der Waals surface area contributed by atoms with E-state index in [1.165, 1.54) is 10.5 Å². The number of aryl methyl sites for hydroxylation is 2. The van der Waals surface area contributed by atoms with E-state index < -0.39 is 6.03 Å². The molecule has 1 heterocycles. The lowest BCUT2D eigenvalue weighted by molar-refractivity contribution is -0.123. The zero-order valence-corrected chi connectivity index (χ0v) is 19.5.